The maximum Gasteiger partial charge on any atom is 0.183 e. The molecule has 0 bridgehead atoms. The Kier molecular flexibility index (Phi) is 5.05. The van der Waals surface area contributed by atoms with Gasteiger partial charge in [-0.1, -0.05) is 70.2 Å². The number of nitrogens with zero attached hydrogens (tertiary/aromatic N) is 4. The van der Waals surface area contributed by atoms with Crippen LogP contribution < -0.4 is 0 Å². The highest BCUT2D eigenvalue weighted by Gasteiger charge is 2.28. The summed E-state index contributed by atoms with van der Waals surface area (Å²) in [6.07, 6.45) is 1.73. The normalized spacial score (nSPS) is 14.7. The van der Waals surface area contributed by atoms with Crippen LogP contribution in [0.3, 0.4) is 0 Å². The SMILES string of the molecule is [2H]C([2H])([2H])c1cc2oc3c(oc4c(-c5nc6ccccc6n5-c5c(C(C)C)cc(-c6ccccc6)cc5C(C)C)cnc(C)c43)c2c(C([2H])([2H])[2H])n1. The number of para-hydroxylation sites is 2. The summed E-state index contributed by atoms with van der Waals surface area (Å²) in [6, 6.07) is 24.2. The van der Waals surface area contributed by atoms with Crippen molar-refractivity contribution in [3.8, 4) is 28.2 Å². The summed E-state index contributed by atoms with van der Waals surface area (Å²) >= 11 is 0. The van der Waals surface area contributed by atoms with Crippen molar-refractivity contribution in [2.45, 2.75) is 60.2 Å². The Morgan fingerprint density at radius 1 is 0.717 bits per heavy atom. The van der Waals surface area contributed by atoms with Crippen molar-refractivity contribution in [2.24, 2.45) is 0 Å². The lowest BCUT2D eigenvalue weighted by Gasteiger charge is -2.24. The number of benzene rings is 3. The second kappa shape index (κ2) is 10.4. The summed E-state index contributed by atoms with van der Waals surface area (Å²) in [5.74, 6) is 0.919. The minimum atomic E-state index is -2.74. The van der Waals surface area contributed by atoms with Crippen molar-refractivity contribution in [1.29, 1.82) is 0 Å². The van der Waals surface area contributed by atoms with Crippen LogP contribution in [0.4, 0.5) is 0 Å². The van der Waals surface area contributed by atoms with E-state index in [9.17, 15) is 0 Å². The molecule has 8 aromatic rings. The zero-order valence-electron chi connectivity index (χ0n) is 32.3. The van der Waals surface area contributed by atoms with E-state index in [0.717, 1.165) is 39.0 Å². The summed E-state index contributed by atoms with van der Waals surface area (Å²) < 4.78 is 63.6. The van der Waals surface area contributed by atoms with Gasteiger partial charge in [-0.3, -0.25) is 14.5 Å². The number of aryl methyl sites for hydroxylation is 3. The molecule has 0 radical (unpaired) electrons. The first-order chi connectivity index (χ1) is 24.6. The Labute approximate surface area is 276 Å². The second-order valence-corrected chi connectivity index (χ2v) is 12.5. The van der Waals surface area contributed by atoms with Gasteiger partial charge in [0, 0.05) is 26.2 Å². The number of rotatable bonds is 5. The van der Waals surface area contributed by atoms with Gasteiger partial charge in [0.1, 0.15) is 5.58 Å². The molecule has 0 aliphatic carbocycles. The summed E-state index contributed by atoms with van der Waals surface area (Å²) in [5.41, 5.74) is 8.69. The first-order valence-electron chi connectivity index (χ1n) is 18.5. The first kappa shape index (κ1) is 22.3. The van der Waals surface area contributed by atoms with Gasteiger partial charge in [-0.05, 0) is 79.0 Å². The molecule has 0 unspecified atom stereocenters. The molecule has 8 rings (SSSR count). The van der Waals surface area contributed by atoms with Crippen molar-refractivity contribution in [3.05, 3.63) is 107 Å². The molecule has 0 aliphatic heterocycles. The highest BCUT2D eigenvalue weighted by atomic mass is 16.4. The third-order valence-electron chi connectivity index (χ3n) is 8.83. The Morgan fingerprint density at radius 3 is 2.15 bits per heavy atom. The van der Waals surface area contributed by atoms with Gasteiger partial charge in [-0.25, -0.2) is 4.98 Å². The zero-order chi connectivity index (χ0) is 36.9. The average molecular weight is 611 g/mol. The fourth-order valence-electron chi connectivity index (χ4n) is 6.62. The zero-order valence-corrected chi connectivity index (χ0v) is 26.3. The van der Waals surface area contributed by atoms with Crippen molar-refractivity contribution >= 4 is 44.1 Å². The Hall–Kier alpha value is -5.23. The van der Waals surface area contributed by atoms with Gasteiger partial charge in [0.2, 0.25) is 0 Å². The highest BCUT2D eigenvalue weighted by molar-refractivity contribution is 6.16. The van der Waals surface area contributed by atoms with E-state index in [4.69, 9.17) is 27.0 Å². The van der Waals surface area contributed by atoms with E-state index < -0.39 is 19.4 Å². The molecule has 6 nitrogen and oxygen atoms in total. The van der Waals surface area contributed by atoms with Crippen LogP contribution in [0.1, 0.15) is 76.0 Å². The molecule has 228 valence electrons. The van der Waals surface area contributed by atoms with Crippen molar-refractivity contribution in [3.63, 3.8) is 0 Å². The fourth-order valence-corrected chi connectivity index (χ4v) is 6.62. The van der Waals surface area contributed by atoms with Crippen molar-refractivity contribution in [2.75, 3.05) is 0 Å². The standard InChI is InChI=1S/C40H36N4O2/c1-21(2)28-18-27(26-13-9-8-10-14-26)19-29(22(3)4)36(28)44-32-16-12-11-15-31(32)43-40(44)30-20-41-24(6)35-37(30)46-38-34-25(7)42-23(5)17-33(34)45-39(35)38/h8-22H,1-7H3/i5D3,7D3. The molecule has 5 aromatic heterocycles. The molecule has 0 fully saturated rings. The van der Waals surface area contributed by atoms with Gasteiger partial charge >= 0.3 is 0 Å². The van der Waals surface area contributed by atoms with Crippen molar-refractivity contribution < 1.29 is 17.1 Å². The smallest absolute Gasteiger partial charge is 0.183 e. The van der Waals surface area contributed by atoms with E-state index in [1.807, 2.05) is 31.2 Å². The lowest BCUT2D eigenvalue weighted by molar-refractivity contribution is 0.653. The molecule has 46 heavy (non-hydrogen) atoms. The van der Waals surface area contributed by atoms with Gasteiger partial charge in [-0.2, -0.15) is 0 Å². The van der Waals surface area contributed by atoms with Gasteiger partial charge in [0.25, 0.3) is 0 Å². The van der Waals surface area contributed by atoms with Crippen LogP contribution in [0.15, 0.2) is 87.8 Å². The lowest BCUT2D eigenvalue weighted by Crippen LogP contribution is -2.09. The molecule has 0 amide bonds. The minimum absolute atomic E-state index is 0.0709. The van der Waals surface area contributed by atoms with E-state index in [2.05, 4.69) is 79.7 Å². The summed E-state index contributed by atoms with van der Waals surface area (Å²) in [5, 5.41) is 0.653. The summed E-state index contributed by atoms with van der Waals surface area (Å²) in [7, 11) is 0. The largest absolute Gasteiger partial charge is 0.452 e. The predicted octanol–water partition coefficient (Wildman–Crippen LogP) is 11.0. The molecule has 0 spiro atoms. The summed E-state index contributed by atoms with van der Waals surface area (Å²) in [4.78, 5) is 14.1. The quantitative estimate of drug-likeness (QED) is 0.194. The Bertz CT molecular complexity index is 2650. The first-order valence-corrected chi connectivity index (χ1v) is 15.5. The molecule has 0 saturated heterocycles. The number of furan rings is 2. The van der Waals surface area contributed by atoms with Crippen molar-refractivity contribution in [1.82, 2.24) is 19.5 Å². The van der Waals surface area contributed by atoms with Crippen LogP contribution in [0.2, 0.25) is 0 Å². The number of imidazole rings is 1. The lowest BCUT2D eigenvalue weighted by atomic mass is 9.88. The second-order valence-electron chi connectivity index (χ2n) is 12.5. The van der Waals surface area contributed by atoms with Gasteiger partial charge in [0.05, 0.1) is 44.4 Å². The fraction of sp³-hybridized carbons (Fsp3) is 0.225. The molecule has 5 heterocycles. The number of hydrogen-bond donors (Lipinski definition) is 0. The molecule has 0 atom stereocenters. The van der Waals surface area contributed by atoms with E-state index in [-0.39, 0.29) is 39.7 Å². The third-order valence-corrected chi connectivity index (χ3v) is 8.83. The van der Waals surface area contributed by atoms with Crippen LogP contribution in [0.25, 0.3) is 72.3 Å². The highest BCUT2D eigenvalue weighted by Crippen LogP contribution is 2.45. The molecule has 0 saturated carbocycles. The topological polar surface area (TPSA) is 69.9 Å². The minimum Gasteiger partial charge on any atom is -0.452 e. The van der Waals surface area contributed by atoms with Gasteiger partial charge < -0.3 is 8.83 Å². The molecule has 6 heteroatoms. The maximum absolute atomic E-state index is 8.27. The van der Waals surface area contributed by atoms with E-state index in [0.29, 0.717) is 28.1 Å². The summed E-state index contributed by atoms with van der Waals surface area (Å²) in [6.45, 7) is 5.22. The Morgan fingerprint density at radius 2 is 1.43 bits per heavy atom. The van der Waals surface area contributed by atoms with Crippen LogP contribution in [0, 0.1) is 20.6 Å². The van der Waals surface area contributed by atoms with Crippen LogP contribution >= 0.6 is 0 Å². The maximum atomic E-state index is 8.27. The number of fused-ring (bicyclic) bond motifs is 6. The third kappa shape index (κ3) is 4.20. The molecule has 0 aliphatic rings. The van der Waals surface area contributed by atoms with Crippen LogP contribution in [-0.4, -0.2) is 19.5 Å². The van der Waals surface area contributed by atoms with Gasteiger partial charge in [-0.15, -0.1) is 0 Å². The molecular formula is C40H36N4O2. The van der Waals surface area contributed by atoms with Gasteiger partial charge in [0.15, 0.2) is 22.6 Å². The molecule has 3 aromatic carbocycles. The van der Waals surface area contributed by atoms with E-state index in [1.54, 1.807) is 6.20 Å². The Balaban J connectivity index is 1.47. The van der Waals surface area contributed by atoms with Crippen LogP contribution in [-0.2, 0) is 0 Å². The number of aromatic nitrogens is 4. The average Bonchev–Trinajstić information content (AvgIpc) is 3.77. The molecule has 0 N–H and O–H groups in total. The number of pyridine rings is 2. The van der Waals surface area contributed by atoms with Crippen LogP contribution in [0.5, 0.6) is 0 Å². The van der Waals surface area contributed by atoms with E-state index in [1.165, 1.54) is 6.07 Å². The van der Waals surface area contributed by atoms with E-state index >= 15 is 0 Å². The predicted molar refractivity (Wildman–Crippen MR) is 187 cm³/mol. The monoisotopic (exact) mass is 610 g/mol. The molecular weight excluding hydrogens is 568 g/mol. The number of hydrogen-bond acceptors (Lipinski definition) is 5.